The van der Waals surface area contributed by atoms with Crippen molar-refractivity contribution in [3.63, 3.8) is 0 Å². The maximum absolute atomic E-state index is 13.8. The molecule has 0 aliphatic carbocycles. The molecule has 1 heterocycles. The van der Waals surface area contributed by atoms with Gasteiger partial charge in [0.1, 0.15) is 17.5 Å². The van der Waals surface area contributed by atoms with Gasteiger partial charge in [0.05, 0.1) is 11.6 Å². The van der Waals surface area contributed by atoms with Gasteiger partial charge in [0.15, 0.2) is 0 Å². The second-order valence-corrected chi connectivity index (χ2v) is 6.28. The summed E-state index contributed by atoms with van der Waals surface area (Å²) in [6, 6.07) is 9.62. The lowest BCUT2D eigenvalue weighted by atomic mass is 9.96. The molecule has 1 fully saturated rings. The molecule has 132 valence electrons. The third kappa shape index (κ3) is 4.39. The first-order valence-corrected chi connectivity index (χ1v) is 8.24. The second kappa shape index (κ2) is 7.70. The van der Waals surface area contributed by atoms with Crippen molar-refractivity contribution >= 4 is 11.6 Å². The zero-order valence-corrected chi connectivity index (χ0v) is 13.6. The highest BCUT2D eigenvalue weighted by molar-refractivity contribution is 5.92. The van der Waals surface area contributed by atoms with Crippen molar-refractivity contribution in [2.45, 2.75) is 19.4 Å². The summed E-state index contributed by atoms with van der Waals surface area (Å²) in [6.07, 6.45) is 1.49. The van der Waals surface area contributed by atoms with Crippen LogP contribution in [0.2, 0.25) is 0 Å². The van der Waals surface area contributed by atoms with Gasteiger partial charge >= 0.3 is 0 Å². The van der Waals surface area contributed by atoms with Crippen molar-refractivity contribution in [3.8, 4) is 0 Å². The number of anilines is 1. The van der Waals surface area contributed by atoms with Crippen LogP contribution in [-0.4, -0.2) is 23.9 Å². The molecule has 3 rings (SSSR count). The summed E-state index contributed by atoms with van der Waals surface area (Å²) in [5, 5.41) is 2.52. The van der Waals surface area contributed by atoms with E-state index in [2.05, 4.69) is 5.32 Å². The SMILES string of the molecule is O=C(Nc1ccc(F)cc1F)C1CCCN(Cc2ccccc2F)C1. The van der Waals surface area contributed by atoms with E-state index in [1.54, 1.807) is 18.2 Å². The Hall–Kier alpha value is -2.34. The maximum atomic E-state index is 13.8. The molecule has 0 bridgehead atoms. The van der Waals surface area contributed by atoms with Crippen molar-refractivity contribution in [2.75, 3.05) is 18.4 Å². The molecule has 1 saturated heterocycles. The van der Waals surface area contributed by atoms with Crippen LogP contribution in [0.5, 0.6) is 0 Å². The molecular weight excluding hydrogens is 329 g/mol. The molecule has 0 spiro atoms. The Morgan fingerprint density at radius 3 is 2.68 bits per heavy atom. The van der Waals surface area contributed by atoms with E-state index in [9.17, 15) is 18.0 Å². The van der Waals surface area contributed by atoms with Gasteiger partial charge in [0.25, 0.3) is 0 Å². The van der Waals surface area contributed by atoms with Gasteiger partial charge in [0.2, 0.25) is 5.91 Å². The number of hydrogen-bond acceptors (Lipinski definition) is 2. The highest BCUT2D eigenvalue weighted by Crippen LogP contribution is 2.22. The highest BCUT2D eigenvalue weighted by Gasteiger charge is 2.26. The van der Waals surface area contributed by atoms with Gasteiger partial charge in [-0.1, -0.05) is 18.2 Å². The molecule has 3 nitrogen and oxygen atoms in total. The first-order chi connectivity index (χ1) is 12.0. The van der Waals surface area contributed by atoms with Gasteiger partial charge in [-0.05, 0) is 37.6 Å². The van der Waals surface area contributed by atoms with E-state index in [0.717, 1.165) is 25.1 Å². The molecule has 1 aliphatic rings. The van der Waals surface area contributed by atoms with Crippen LogP contribution in [0.15, 0.2) is 42.5 Å². The van der Waals surface area contributed by atoms with E-state index in [4.69, 9.17) is 0 Å². The predicted octanol–water partition coefficient (Wildman–Crippen LogP) is 3.95. The van der Waals surface area contributed by atoms with Crippen LogP contribution in [0.25, 0.3) is 0 Å². The number of likely N-dealkylation sites (tertiary alicyclic amines) is 1. The number of benzene rings is 2. The zero-order chi connectivity index (χ0) is 17.8. The van der Waals surface area contributed by atoms with Crippen LogP contribution in [0.1, 0.15) is 18.4 Å². The molecule has 1 N–H and O–H groups in total. The van der Waals surface area contributed by atoms with Crippen molar-refractivity contribution in [2.24, 2.45) is 5.92 Å². The summed E-state index contributed by atoms with van der Waals surface area (Å²) in [5.74, 6) is -2.37. The quantitative estimate of drug-likeness (QED) is 0.907. The molecule has 1 aliphatic heterocycles. The standard InChI is InChI=1S/C19H19F3N2O/c20-15-7-8-18(17(22)10-15)23-19(25)14-5-3-9-24(12-14)11-13-4-1-2-6-16(13)21/h1-2,4,6-8,10,14H,3,5,9,11-12H2,(H,23,25). The lowest BCUT2D eigenvalue weighted by molar-refractivity contribution is -0.121. The van der Waals surface area contributed by atoms with Crippen LogP contribution >= 0.6 is 0 Å². The zero-order valence-electron chi connectivity index (χ0n) is 13.6. The van der Waals surface area contributed by atoms with Gasteiger partial charge in [-0.25, -0.2) is 13.2 Å². The summed E-state index contributed by atoms with van der Waals surface area (Å²) in [4.78, 5) is 14.4. The highest BCUT2D eigenvalue weighted by atomic mass is 19.1. The van der Waals surface area contributed by atoms with Crippen LogP contribution in [0.4, 0.5) is 18.9 Å². The maximum Gasteiger partial charge on any atom is 0.228 e. The Bertz CT molecular complexity index is 766. The minimum atomic E-state index is -0.799. The molecule has 0 aromatic heterocycles. The molecule has 2 aromatic carbocycles. The van der Waals surface area contributed by atoms with Gasteiger partial charge in [-0.2, -0.15) is 0 Å². The molecule has 25 heavy (non-hydrogen) atoms. The summed E-state index contributed by atoms with van der Waals surface area (Å²) in [7, 11) is 0. The summed E-state index contributed by atoms with van der Waals surface area (Å²) >= 11 is 0. The van der Waals surface area contributed by atoms with Crippen molar-refractivity contribution in [1.82, 2.24) is 4.90 Å². The second-order valence-electron chi connectivity index (χ2n) is 6.28. The number of hydrogen-bond donors (Lipinski definition) is 1. The van der Waals surface area contributed by atoms with Crippen LogP contribution in [-0.2, 0) is 11.3 Å². The molecule has 1 unspecified atom stereocenters. The number of nitrogens with zero attached hydrogens (tertiary/aromatic N) is 1. The third-order valence-corrected chi connectivity index (χ3v) is 4.42. The fourth-order valence-electron chi connectivity index (χ4n) is 3.11. The number of halogens is 3. The van der Waals surface area contributed by atoms with E-state index in [-0.39, 0.29) is 23.3 Å². The van der Waals surface area contributed by atoms with Gasteiger partial charge in [-0.3, -0.25) is 9.69 Å². The lowest BCUT2D eigenvalue weighted by Gasteiger charge is -2.32. The minimum Gasteiger partial charge on any atom is -0.323 e. The number of piperidine rings is 1. The molecule has 0 radical (unpaired) electrons. The Kier molecular flexibility index (Phi) is 5.38. The van der Waals surface area contributed by atoms with Crippen molar-refractivity contribution in [3.05, 3.63) is 65.5 Å². The average molecular weight is 348 g/mol. The average Bonchev–Trinajstić information content (AvgIpc) is 2.60. The summed E-state index contributed by atoms with van der Waals surface area (Å²) < 4.78 is 40.4. The van der Waals surface area contributed by atoms with Crippen molar-refractivity contribution < 1.29 is 18.0 Å². The van der Waals surface area contributed by atoms with E-state index in [1.807, 2.05) is 4.90 Å². The number of nitrogens with one attached hydrogen (secondary N) is 1. The predicted molar refractivity (Wildman–Crippen MR) is 89.4 cm³/mol. The summed E-state index contributed by atoms with van der Waals surface area (Å²) in [5.41, 5.74) is 0.561. The van der Waals surface area contributed by atoms with Crippen molar-refractivity contribution in [1.29, 1.82) is 0 Å². The molecule has 0 saturated carbocycles. The Morgan fingerprint density at radius 1 is 1.12 bits per heavy atom. The van der Waals surface area contributed by atoms with E-state index < -0.39 is 11.6 Å². The van der Waals surface area contributed by atoms with Gasteiger partial charge in [0, 0.05) is 24.7 Å². The third-order valence-electron chi connectivity index (χ3n) is 4.42. The minimum absolute atomic E-state index is 0.0300. The number of carbonyl (C=O) groups is 1. The lowest BCUT2D eigenvalue weighted by Crippen LogP contribution is -2.40. The molecule has 6 heteroatoms. The van der Waals surface area contributed by atoms with Crippen LogP contribution < -0.4 is 5.32 Å². The van der Waals surface area contributed by atoms with E-state index >= 15 is 0 Å². The smallest absolute Gasteiger partial charge is 0.228 e. The van der Waals surface area contributed by atoms with Crippen LogP contribution in [0, 0.1) is 23.4 Å². The number of amides is 1. The normalized spacial score (nSPS) is 18.1. The molecule has 2 aromatic rings. The van der Waals surface area contributed by atoms with Crippen LogP contribution in [0.3, 0.4) is 0 Å². The van der Waals surface area contributed by atoms with E-state index in [1.165, 1.54) is 12.1 Å². The number of carbonyl (C=O) groups excluding carboxylic acids is 1. The summed E-state index contributed by atoms with van der Waals surface area (Å²) in [6.45, 7) is 1.69. The molecular formula is C19H19F3N2O. The largest absolute Gasteiger partial charge is 0.323 e. The Labute approximate surface area is 144 Å². The first kappa shape index (κ1) is 17.5. The number of rotatable bonds is 4. The van der Waals surface area contributed by atoms with Gasteiger partial charge in [-0.15, -0.1) is 0 Å². The van der Waals surface area contributed by atoms with E-state index in [0.29, 0.717) is 25.1 Å². The molecule has 1 amide bonds. The Balaban J connectivity index is 1.62. The Morgan fingerprint density at radius 2 is 1.92 bits per heavy atom. The van der Waals surface area contributed by atoms with Gasteiger partial charge < -0.3 is 5.32 Å². The fraction of sp³-hybridized carbons (Fsp3) is 0.316. The monoisotopic (exact) mass is 348 g/mol. The first-order valence-electron chi connectivity index (χ1n) is 8.24. The molecule has 1 atom stereocenters. The topological polar surface area (TPSA) is 32.3 Å². The fourth-order valence-corrected chi connectivity index (χ4v) is 3.11.